The standard InChI is InChI=1S/C25H40O5S/c1-2-3-12-25(14-8-15-25)13-7-10-20-19(22(28)18-23(20)31-17-16-26)9-5-4-6-11-21(27)24(29)30/h4-5,7,10,19-21,23,26-27H,2-3,6,8-9,11-18H2,1H3,(H,29,30)/t19-,20-,21?,23-/m1/s1. The van der Waals surface area contributed by atoms with Crippen molar-refractivity contribution in [1.29, 1.82) is 0 Å². The van der Waals surface area contributed by atoms with Crippen molar-refractivity contribution < 1.29 is 24.9 Å². The quantitative estimate of drug-likeness (QED) is 0.310. The molecule has 1 unspecified atom stereocenters. The maximum absolute atomic E-state index is 12.7. The van der Waals surface area contributed by atoms with Crippen molar-refractivity contribution in [2.75, 3.05) is 12.4 Å². The van der Waals surface area contributed by atoms with Crippen molar-refractivity contribution in [3.63, 3.8) is 0 Å². The van der Waals surface area contributed by atoms with Crippen LogP contribution in [0.5, 0.6) is 0 Å². The second-order valence-electron chi connectivity index (χ2n) is 9.22. The number of thioether (sulfide) groups is 1. The number of allylic oxidation sites excluding steroid dienone is 4. The molecule has 0 aromatic rings. The monoisotopic (exact) mass is 452 g/mol. The summed E-state index contributed by atoms with van der Waals surface area (Å²) in [6.45, 7) is 2.37. The van der Waals surface area contributed by atoms with E-state index in [4.69, 9.17) is 5.11 Å². The van der Waals surface area contributed by atoms with Crippen molar-refractivity contribution in [1.82, 2.24) is 0 Å². The molecule has 2 aliphatic rings. The van der Waals surface area contributed by atoms with E-state index in [0.717, 1.165) is 6.42 Å². The molecule has 176 valence electrons. The van der Waals surface area contributed by atoms with Crippen molar-refractivity contribution in [3.8, 4) is 0 Å². The van der Waals surface area contributed by atoms with Crippen LogP contribution in [0.25, 0.3) is 0 Å². The molecule has 0 spiro atoms. The number of carboxylic acids is 1. The number of hydrogen-bond donors (Lipinski definition) is 3. The Morgan fingerprint density at radius 3 is 2.68 bits per heavy atom. The molecule has 0 radical (unpaired) electrons. The molecule has 2 saturated carbocycles. The van der Waals surface area contributed by atoms with Crippen molar-refractivity contribution in [2.45, 2.75) is 88.9 Å². The average molecular weight is 453 g/mol. The lowest BCUT2D eigenvalue weighted by atomic mass is 9.64. The highest BCUT2D eigenvalue weighted by atomic mass is 32.2. The number of unbranched alkanes of at least 4 members (excludes halogenated alkanes) is 1. The molecule has 0 aromatic carbocycles. The third kappa shape index (κ3) is 8.07. The van der Waals surface area contributed by atoms with Crippen LogP contribution in [0.2, 0.25) is 0 Å². The second kappa shape index (κ2) is 13.4. The van der Waals surface area contributed by atoms with Gasteiger partial charge in [0.25, 0.3) is 0 Å². The highest BCUT2D eigenvalue weighted by Gasteiger charge is 2.40. The minimum atomic E-state index is -1.33. The molecule has 3 N–H and O–H groups in total. The summed E-state index contributed by atoms with van der Waals surface area (Å²) < 4.78 is 0. The number of aliphatic hydroxyl groups excluding tert-OH is 2. The second-order valence-corrected chi connectivity index (χ2v) is 10.6. The lowest BCUT2D eigenvalue weighted by Gasteiger charge is -2.42. The molecule has 31 heavy (non-hydrogen) atoms. The Balaban J connectivity index is 1.96. The molecule has 0 aliphatic heterocycles. The van der Waals surface area contributed by atoms with Crippen molar-refractivity contribution >= 4 is 23.5 Å². The summed E-state index contributed by atoms with van der Waals surface area (Å²) >= 11 is 1.70. The Kier molecular flexibility index (Phi) is 11.3. The lowest BCUT2D eigenvalue weighted by molar-refractivity contribution is -0.146. The summed E-state index contributed by atoms with van der Waals surface area (Å²) in [5, 5.41) is 27.6. The highest BCUT2D eigenvalue weighted by molar-refractivity contribution is 8.00. The zero-order chi connectivity index (χ0) is 22.7. The Hall–Kier alpha value is -1.11. The molecule has 0 aromatic heterocycles. The van der Waals surface area contributed by atoms with Gasteiger partial charge in [0, 0.05) is 23.3 Å². The number of carboxylic acid groups (broad SMARTS) is 1. The summed E-state index contributed by atoms with van der Waals surface area (Å²) in [4.78, 5) is 23.4. The minimum absolute atomic E-state index is 0.0546. The van der Waals surface area contributed by atoms with Gasteiger partial charge in [-0.1, -0.05) is 50.5 Å². The van der Waals surface area contributed by atoms with Crippen LogP contribution >= 0.6 is 11.8 Å². The molecular weight excluding hydrogens is 412 g/mol. The zero-order valence-corrected chi connectivity index (χ0v) is 19.7. The number of Topliss-reactive ketones (excluding diaryl/α,β-unsaturated/α-hetero) is 1. The predicted molar refractivity (Wildman–Crippen MR) is 126 cm³/mol. The van der Waals surface area contributed by atoms with Crippen LogP contribution in [0.15, 0.2) is 24.3 Å². The van der Waals surface area contributed by atoms with Crippen LogP contribution in [0.3, 0.4) is 0 Å². The minimum Gasteiger partial charge on any atom is -0.479 e. The molecule has 2 aliphatic carbocycles. The fourth-order valence-corrected chi connectivity index (χ4v) is 6.07. The third-order valence-corrected chi connectivity index (χ3v) is 8.29. The van der Waals surface area contributed by atoms with Crippen LogP contribution in [0.4, 0.5) is 0 Å². The van der Waals surface area contributed by atoms with E-state index in [1.54, 1.807) is 11.8 Å². The lowest BCUT2D eigenvalue weighted by Crippen LogP contribution is -2.28. The van der Waals surface area contributed by atoms with E-state index in [1.807, 2.05) is 12.2 Å². The van der Waals surface area contributed by atoms with Gasteiger partial charge in [-0.05, 0) is 56.3 Å². The normalized spacial score (nSPS) is 26.5. The highest BCUT2D eigenvalue weighted by Crippen LogP contribution is 2.48. The summed E-state index contributed by atoms with van der Waals surface area (Å²) in [6, 6.07) is 0. The molecule has 0 amide bonds. The Morgan fingerprint density at radius 2 is 2.06 bits per heavy atom. The largest absolute Gasteiger partial charge is 0.479 e. The summed E-state index contributed by atoms with van der Waals surface area (Å²) in [5.41, 5.74) is 0.475. The van der Waals surface area contributed by atoms with E-state index >= 15 is 0 Å². The zero-order valence-electron chi connectivity index (χ0n) is 18.9. The number of carbonyl (C=O) groups is 2. The molecule has 0 heterocycles. The van der Waals surface area contributed by atoms with Gasteiger partial charge in [0.1, 0.15) is 5.78 Å². The summed E-state index contributed by atoms with van der Waals surface area (Å²) in [5.74, 6) is -0.137. The topological polar surface area (TPSA) is 94.8 Å². The Morgan fingerprint density at radius 1 is 1.29 bits per heavy atom. The number of ketones is 1. The van der Waals surface area contributed by atoms with Crippen LogP contribution in [0.1, 0.15) is 77.6 Å². The van der Waals surface area contributed by atoms with E-state index in [2.05, 4.69) is 19.1 Å². The fraction of sp³-hybridized carbons (Fsp3) is 0.760. The smallest absolute Gasteiger partial charge is 0.332 e. The van der Waals surface area contributed by atoms with Crippen molar-refractivity contribution in [2.24, 2.45) is 17.3 Å². The number of aliphatic carboxylic acids is 1. The third-order valence-electron chi connectivity index (χ3n) is 6.97. The number of rotatable bonds is 15. The molecule has 0 saturated heterocycles. The summed E-state index contributed by atoms with van der Waals surface area (Å²) in [7, 11) is 0. The summed E-state index contributed by atoms with van der Waals surface area (Å²) in [6.07, 6.45) is 17.9. The Labute approximate surface area is 191 Å². The van der Waals surface area contributed by atoms with Gasteiger partial charge in [0.05, 0.1) is 6.61 Å². The van der Waals surface area contributed by atoms with Crippen LogP contribution in [-0.4, -0.2) is 50.8 Å². The molecule has 2 fully saturated rings. The van der Waals surface area contributed by atoms with E-state index < -0.39 is 12.1 Å². The van der Waals surface area contributed by atoms with Gasteiger partial charge in [-0.3, -0.25) is 4.79 Å². The molecule has 6 heteroatoms. The fourth-order valence-electron chi connectivity index (χ4n) is 4.88. The van der Waals surface area contributed by atoms with Gasteiger partial charge in [-0.25, -0.2) is 4.79 Å². The number of carbonyl (C=O) groups excluding carboxylic acids is 1. The first-order valence-corrected chi connectivity index (χ1v) is 12.9. The molecule has 5 nitrogen and oxygen atoms in total. The maximum Gasteiger partial charge on any atom is 0.332 e. The number of hydrogen-bond acceptors (Lipinski definition) is 5. The van der Waals surface area contributed by atoms with Crippen LogP contribution in [-0.2, 0) is 9.59 Å². The van der Waals surface area contributed by atoms with Gasteiger partial charge < -0.3 is 15.3 Å². The van der Waals surface area contributed by atoms with E-state index in [1.165, 1.54) is 38.5 Å². The van der Waals surface area contributed by atoms with E-state index in [0.29, 0.717) is 30.4 Å². The van der Waals surface area contributed by atoms with Gasteiger partial charge in [0.15, 0.2) is 6.10 Å². The SMILES string of the molecule is CCCCC1(CC=C[C@H]2[C@H](SCCO)CC(=O)[C@@H]2CC=CCCC(O)C(=O)O)CCC1. The molecule has 2 rings (SSSR count). The molecule has 0 bridgehead atoms. The Bertz CT molecular complexity index is 625. The first kappa shape index (κ1) is 26.1. The van der Waals surface area contributed by atoms with Gasteiger partial charge in [0.2, 0.25) is 0 Å². The van der Waals surface area contributed by atoms with E-state index in [-0.39, 0.29) is 35.9 Å². The van der Waals surface area contributed by atoms with Crippen LogP contribution in [0, 0.1) is 17.3 Å². The van der Waals surface area contributed by atoms with E-state index in [9.17, 15) is 19.8 Å². The average Bonchev–Trinajstić information content (AvgIpc) is 3.01. The van der Waals surface area contributed by atoms with Gasteiger partial charge in [-0.2, -0.15) is 11.8 Å². The molecule has 4 atom stereocenters. The predicted octanol–water partition coefficient (Wildman–Crippen LogP) is 4.76. The first-order chi connectivity index (χ1) is 14.9. The first-order valence-electron chi connectivity index (χ1n) is 11.9. The molecular formula is C25H40O5S. The maximum atomic E-state index is 12.7. The van der Waals surface area contributed by atoms with Gasteiger partial charge >= 0.3 is 5.97 Å². The van der Waals surface area contributed by atoms with Gasteiger partial charge in [-0.15, -0.1) is 0 Å². The number of aliphatic hydroxyl groups is 2. The van der Waals surface area contributed by atoms with Crippen molar-refractivity contribution in [3.05, 3.63) is 24.3 Å². The van der Waals surface area contributed by atoms with Crippen LogP contribution < -0.4 is 0 Å².